The van der Waals surface area contributed by atoms with Gasteiger partial charge in [0.2, 0.25) is 5.43 Å². The van der Waals surface area contributed by atoms with Crippen molar-refractivity contribution < 1.29 is 4.42 Å². The van der Waals surface area contributed by atoms with E-state index in [1.165, 1.54) is 11.6 Å². The molecular weight excluding hydrogens is 408 g/mol. The van der Waals surface area contributed by atoms with Gasteiger partial charge >= 0.3 is 0 Å². The summed E-state index contributed by atoms with van der Waals surface area (Å²) >= 11 is 6.07. The van der Waals surface area contributed by atoms with Crippen molar-refractivity contribution in [2.75, 3.05) is 5.32 Å². The highest BCUT2D eigenvalue weighted by Crippen LogP contribution is 2.37. The molecular formula is C26H27ClN2O2. The van der Waals surface area contributed by atoms with E-state index in [-0.39, 0.29) is 16.3 Å². The predicted octanol–water partition coefficient (Wildman–Crippen LogP) is 7.28. The van der Waals surface area contributed by atoms with Crippen LogP contribution >= 0.6 is 11.6 Å². The molecule has 0 radical (unpaired) electrons. The molecule has 4 nitrogen and oxygen atoms in total. The number of halogens is 1. The van der Waals surface area contributed by atoms with Crippen LogP contribution in [0.2, 0.25) is 5.02 Å². The first-order valence-corrected chi connectivity index (χ1v) is 10.8. The topological polar surface area (TPSA) is 55.1 Å². The summed E-state index contributed by atoms with van der Waals surface area (Å²) < 4.78 is 6.27. The van der Waals surface area contributed by atoms with Crippen LogP contribution < -0.4 is 10.7 Å². The average Bonchev–Trinajstić information content (AvgIpc) is 2.65. The van der Waals surface area contributed by atoms with Crippen molar-refractivity contribution in [3.8, 4) is 11.5 Å². The van der Waals surface area contributed by atoms with Crippen LogP contribution in [-0.2, 0) is 10.8 Å². The van der Waals surface area contributed by atoms with Gasteiger partial charge in [0, 0.05) is 22.3 Å². The summed E-state index contributed by atoms with van der Waals surface area (Å²) in [4.78, 5) is 17.6. The zero-order chi connectivity index (χ0) is 22.6. The Labute approximate surface area is 187 Å². The molecule has 1 aliphatic heterocycles. The standard InChI is InChI=1S/C26H27ClN2O2/c1-25(2,3)15-10-18(26(4,5)6)24-21(11-15)29-20-13-19(22(30)14-23(20)31-24)28-17-9-7-8-16(27)12-17/h7-14,28H,1-6H3. The second-order valence-corrected chi connectivity index (χ2v) is 10.5. The minimum atomic E-state index is -0.166. The van der Waals surface area contributed by atoms with E-state index < -0.39 is 0 Å². The smallest absolute Gasteiger partial charge is 0.205 e. The number of aromatic nitrogens is 1. The van der Waals surface area contributed by atoms with E-state index >= 15 is 0 Å². The zero-order valence-corrected chi connectivity index (χ0v) is 19.5. The highest BCUT2D eigenvalue weighted by Gasteiger charge is 2.25. The lowest BCUT2D eigenvalue weighted by Crippen LogP contribution is -2.17. The number of nitrogens with zero attached hydrogens (tertiary/aromatic N) is 1. The fraction of sp³-hybridized carbons (Fsp3) is 0.308. The van der Waals surface area contributed by atoms with Crippen molar-refractivity contribution in [1.29, 1.82) is 0 Å². The summed E-state index contributed by atoms with van der Waals surface area (Å²) in [5.74, 6) is 0.475. The lowest BCUT2D eigenvalue weighted by atomic mass is 9.80. The van der Waals surface area contributed by atoms with Gasteiger partial charge in [-0.2, -0.15) is 0 Å². The van der Waals surface area contributed by atoms with Crippen LogP contribution in [0.25, 0.3) is 22.6 Å². The number of anilines is 2. The largest absolute Gasteiger partial charge is 0.452 e. The predicted molar refractivity (Wildman–Crippen MR) is 129 cm³/mol. The number of fused-ring (bicyclic) bond motifs is 2. The molecule has 0 fully saturated rings. The fourth-order valence-electron chi connectivity index (χ4n) is 3.57. The molecule has 160 valence electrons. The lowest BCUT2D eigenvalue weighted by molar-refractivity contribution is 0.546. The van der Waals surface area contributed by atoms with Crippen LogP contribution in [0.5, 0.6) is 0 Å². The third-order valence-corrected chi connectivity index (χ3v) is 5.60. The van der Waals surface area contributed by atoms with Crippen molar-refractivity contribution in [1.82, 2.24) is 4.98 Å². The second-order valence-electron chi connectivity index (χ2n) is 10.0. The fourth-order valence-corrected chi connectivity index (χ4v) is 3.76. The number of rotatable bonds is 2. The first-order valence-electron chi connectivity index (χ1n) is 10.4. The highest BCUT2D eigenvalue weighted by atomic mass is 35.5. The van der Waals surface area contributed by atoms with Gasteiger partial charge in [-0.25, -0.2) is 4.98 Å². The first-order chi connectivity index (χ1) is 14.4. The molecule has 1 heterocycles. The van der Waals surface area contributed by atoms with Gasteiger partial charge in [-0.3, -0.25) is 4.79 Å². The molecule has 4 rings (SSSR count). The van der Waals surface area contributed by atoms with E-state index in [9.17, 15) is 4.79 Å². The van der Waals surface area contributed by atoms with Gasteiger partial charge in [-0.05, 0) is 46.7 Å². The summed E-state index contributed by atoms with van der Waals surface area (Å²) in [6.07, 6.45) is 0. The molecule has 0 saturated carbocycles. The van der Waals surface area contributed by atoms with Gasteiger partial charge in [-0.1, -0.05) is 65.3 Å². The molecule has 2 aliphatic rings. The van der Waals surface area contributed by atoms with E-state index in [4.69, 9.17) is 21.0 Å². The van der Waals surface area contributed by atoms with E-state index in [1.807, 2.05) is 12.1 Å². The Morgan fingerprint density at radius 2 is 1.68 bits per heavy atom. The maximum Gasteiger partial charge on any atom is 0.205 e. The maximum absolute atomic E-state index is 12.7. The molecule has 0 saturated heterocycles. The van der Waals surface area contributed by atoms with Crippen LogP contribution in [0.15, 0.2) is 57.7 Å². The Hall–Kier alpha value is -2.85. The Bertz CT molecular complexity index is 1310. The summed E-state index contributed by atoms with van der Waals surface area (Å²) in [6.45, 7) is 13.0. The Kier molecular flexibility index (Phi) is 5.09. The van der Waals surface area contributed by atoms with Gasteiger partial charge < -0.3 is 9.73 Å². The molecule has 0 bridgehead atoms. The lowest BCUT2D eigenvalue weighted by Gasteiger charge is -2.26. The van der Waals surface area contributed by atoms with Crippen LogP contribution in [0.3, 0.4) is 0 Å². The van der Waals surface area contributed by atoms with Crippen molar-refractivity contribution in [3.63, 3.8) is 0 Å². The Morgan fingerprint density at radius 3 is 2.32 bits per heavy atom. The third-order valence-electron chi connectivity index (χ3n) is 5.36. The summed E-state index contributed by atoms with van der Waals surface area (Å²) in [7, 11) is 0. The number of nitrogens with one attached hydrogen (secondary N) is 1. The minimum Gasteiger partial charge on any atom is -0.452 e. The summed E-state index contributed by atoms with van der Waals surface area (Å²) in [5, 5.41) is 3.74. The van der Waals surface area contributed by atoms with Crippen LogP contribution in [0.4, 0.5) is 11.4 Å². The molecule has 2 aromatic rings. The van der Waals surface area contributed by atoms with Gasteiger partial charge in [0.15, 0.2) is 11.3 Å². The van der Waals surface area contributed by atoms with Crippen LogP contribution in [-0.4, -0.2) is 4.98 Å². The molecule has 0 amide bonds. The van der Waals surface area contributed by atoms with Crippen molar-refractivity contribution in [2.45, 2.75) is 52.4 Å². The molecule has 0 aromatic heterocycles. The summed E-state index contributed by atoms with van der Waals surface area (Å²) in [5.41, 5.74) is 5.27. The van der Waals surface area contributed by atoms with Crippen LogP contribution in [0.1, 0.15) is 52.7 Å². The molecule has 31 heavy (non-hydrogen) atoms. The van der Waals surface area contributed by atoms with E-state index in [0.29, 0.717) is 22.2 Å². The SMILES string of the molecule is CC(C)(C)c1cc(C(C)(C)C)c2oc3cc(=O)c(Nc4cccc(Cl)c4)cc-3nc2c1. The zero-order valence-electron chi connectivity index (χ0n) is 18.8. The van der Waals surface area contributed by atoms with Crippen molar-refractivity contribution >= 4 is 34.1 Å². The van der Waals surface area contributed by atoms with E-state index in [2.05, 4.69) is 59.0 Å². The summed E-state index contributed by atoms with van der Waals surface area (Å²) in [6, 6.07) is 14.8. The van der Waals surface area contributed by atoms with Gasteiger partial charge in [-0.15, -0.1) is 0 Å². The molecule has 5 heteroatoms. The molecule has 1 N–H and O–H groups in total. The Morgan fingerprint density at radius 1 is 0.935 bits per heavy atom. The Balaban J connectivity index is 1.93. The van der Waals surface area contributed by atoms with E-state index in [0.717, 1.165) is 22.4 Å². The molecule has 0 spiro atoms. The van der Waals surface area contributed by atoms with Crippen molar-refractivity contribution in [2.24, 2.45) is 0 Å². The number of hydrogen-bond donors (Lipinski definition) is 1. The van der Waals surface area contributed by atoms with Gasteiger partial charge in [0.25, 0.3) is 0 Å². The molecule has 2 aromatic carbocycles. The first kappa shape index (κ1) is 21.4. The maximum atomic E-state index is 12.7. The van der Waals surface area contributed by atoms with Gasteiger partial charge in [0.05, 0.1) is 5.69 Å². The van der Waals surface area contributed by atoms with Gasteiger partial charge in [0.1, 0.15) is 11.2 Å². The average molecular weight is 435 g/mol. The number of benzene rings is 3. The molecule has 0 atom stereocenters. The molecule has 1 aliphatic carbocycles. The van der Waals surface area contributed by atoms with E-state index in [1.54, 1.807) is 18.2 Å². The quantitative estimate of drug-likeness (QED) is 0.336. The number of hydrogen-bond acceptors (Lipinski definition) is 4. The highest BCUT2D eigenvalue weighted by molar-refractivity contribution is 6.30. The van der Waals surface area contributed by atoms with Crippen molar-refractivity contribution in [3.05, 3.63) is 74.9 Å². The minimum absolute atomic E-state index is 0.0248. The molecule has 0 unspecified atom stereocenters. The second kappa shape index (κ2) is 7.38. The normalized spacial score (nSPS) is 12.5. The third kappa shape index (κ3) is 4.31. The van der Waals surface area contributed by atoms with Crippen LogP contribution in [0, 0.1) is 0 Å². The monoisotopic (exact) mass is 434 g/mol.